The van der Waals surface area contributed by atoms with E-state index in [1.54, 1.807) is 24.6 Å². The second-order valence-electron chi connectivity index (χ2n) is 5.39. The fraction of sp³-hybridized carbons (Fsp3) is 0.312. The highest BCUT2D eigenvalue weighted by Crippen LogP contribution is 2.33. The predicted molar refractivity (Wildman–Crippen MR) is 84.2 cm³/mol. The molecule has 0 spiro atoms. The number of aryl methyl sites for hydroxylation is 2. The standard InChI is InChI=1S/C16H15BrFNO3/c1-9-3-11(18)4-10(2)16(9)22-14-6-19(12-7-21-8-12)15(20)5-13(14)17/h3-6,12H,7-8H2,1-2H3. The Kier molecular flexibility index (Phi) is 4.06. The van der Waals surface area contributed by atoms with Gasteiger partial charge < -0.3 is 14.0 Å². The number of benzene rings is 1. The Labute approximate surface area is 135 Å². The van der Waals surface area contributed by atoms with Gasteiger partial charge in [-0.2, -0.15) is 0 Å². The predicted octanol–water partition coefficient (Wildman–Crippen LogP) is 3.73. The van der Waals surface area contributed by atoms with Crippen LogP contribution in [-0.2, 0) is 4.74 Å². The number of hydrogen-bond acceptors (Lipinski definition) is 3. The van der Waals surface area contributed by atoms with Crippen molar-refractivity contribution >= 4 is 15.9 Å². The summed E-state index contributed by atoms with van der Waals surface area (Å²) in [6.45, 7) is 4.62. The Bertz CT molecular complexity index is 760. The Morgan fingerprint density at radius 2 is 1.91 bits per heavy atom. The van der Waals surface area contributed by atoms with Crippen molar-refractivity contribution in [2.24, 2.45) is 0 Å². The first kappa shape index (κ1) is 15.2. The zero-order chi connectivity index (χ0) is 15.9. The van der Waals surface area contributed by atoms with Gasteiger partial charge in [0.25, 0.3) is 5.56 Å². The highest BCUT2D eigenvalue weighted by Gasteiger charge is 2.23. The molecule has 0 N–H and O–H groups in total. The van der Waals surface area contributed by atoms with Gasteiger partial charge in [-0.1, -0.05) is 0 Å². The summed E-state index contributed by atoms with van der Waals surface area (Å²) in [6, 6.07) is 4.36. The molecule has 1 saturated heterocycles. The van der Waals surface area contributed by atoms with Crippen molar-refractivity contribution in [3.8, 4) is 11.5 Å². The normalized spacial score (nSPS) is 14.7. The van der Waals surface area contributed by atoms with Crippen LogP contribution in [0.15, 0.2) is 33.7 Å². The lowest BCUT2D eigenvalue weighted by Gasteiger charge is -2.28. The maximum Gasteiger partial charge on any atom is 0.252 e. The molecule has 2 aromatic rings. The van der Waals surface area contributed by atoms with E-state index < -0.39 is 0 Å². The molecule has 1 aliphatic heterocycles. The van der Waals surface area contributed by atoms with Crippen molar-refractivity contribution in [3.63, 3.8) is 0 Å². The van der Waals surface area contributed by atoms with Gasteiger partial charge in [-0.25, -0.2) is 4.39 Å². The molecule has 0 bridgehead atoms. The van der Waals surface area contributed by atoms with E-state index in [0.29, 0.717) is 40.3 Å². The van der Waals surface area contributed by atoms with Gasteiger partial charge in [0.05, 0.1) is 29.9 Å². The van der Waals surface area contributed by atoms with Gasteiger partial charge in [-0.15, -0.1) is 0 Å². The molecule has 2 heterocycles. The first-order chi connectivity index (χ1) is 10.5. The zero-order valence-corrected chi connectivity index (χ0v) is 13.8. The fourth-order valence-electron chi connectivity index (χ4n) is 2.42. The number of aromatic nitrogens is 1. The quantitative estimate of drug-likeness (QED) is 0.829. The van der Waals surface area contributed by atoms with Crippen molar-refractivity contribution in [2.45, 2.75) is 19.9 Å². The maximum absolute atomic E-state index is 13.4. The molecule has 22 heavy (non-hydrogen) atoms. The number of pyridine rings is 1. The lowest BCUT2D eigenvalue weighted by atomic mass is 10.1. The molecular formula is C16H15BrFNO3. The molecule has 1 aromatic carbocycles. The summed E-state index contributed by atoms with van der Waals surface area (Å²) in [5.41, 5.74) is 1.29. The molecule has 0 saturated carbocycles. The summed E-state index contributed by atoms with van der Waals surface area (Å²) in [4.78, 5) is 12.0. The lowest BCUT2D eigenvalue weighted by Crippen LogP contribution is -2.36. The minimum absolute atomic E-state index is 0.0401. The van der Waals surface area contributed by atoms with Crippen LogP contribution in [0.2, 0.25) is 0 Å². The maximum atomic E-state index is 13.4. The average Bonchev–Trinajstić information content (AvgIpc) is 2.36. The molecule has 0 radical (unpaired) electrons. The van der Waals surface area contributed by atoms with Crippen molar-refractivity contribution in [1.82, 2.24) is 4.57 Å². The van der Waals surface area contributed by atoms with Gasteiger partial charge in [-0.3, -0.25) is 4.79 Å². The van der Waals surface area contributed by atoms with Gasteiger partial charge in [-0.05, 0) is 53.0 Å². The van der Waals surface area contributed by atoms with E-state index in [4.69, 9.17) is 9.47 Å². The summed E-state index contributed by atoms with van der Waals surface area (Å²) in [5, 5.41) is 0. The van der Waals surface area contributed by atoms with Gasteiger partial charge in [0, 0.05) is 6.07 Å². The minimum Gasteiger partial charge on any atom is -0.454 e. The fourth-order valence-corrected chi connectivity index (χ4v) is 2.80. The second kappa shape index (κ2) is 5.85. The largest absolute Gasteiger partial charge is 0.454 e. The number of ether oxygens (including phenoxy) is 2. The molecule has 116 valence electrons. The summed E-state index contributed by atoms with van der Waals surface area (Å²) < 4.78 is 26.6. The van der Waals surface area contributed by atoms with Crippen LogP contribution in [0.1, 0.15) is 17.2 Å². The molecular weight excluding hydrogens is 353 g/mol. The van der Waals surface area contributed by atoms with Gasteiger partial charge >= 0.3 is 0 Å². The van der Waals surface area contributed by atoms with Gasteiger partial charge in [0.1, 0.15) is 11.6 Å². The van der Waals surface area contributed by atoms with Crippen LogP contribution < -0.4 is 10.3 Å². The van der Waals surface area contributed by atoms with E-state index in [9.17, 15) is 9.18 Å². The Morgan fingerprint density at radius 1 is 1.27 bits per heavy atom. The topological polar surface area (TPSA) is 40.5 Å². The Balaban J connectivity index is 2.00. The Hall–Kier alpha value is -1.66. The average molecular weight is 368 g/mol. The summed E-state index contributed by atoms with van der Waals surface area (Å²) in [6.07, 6.45) is 1.67. The number of halogens is 2. The lowest BCUT2D eigenvalue weighted by molar-refractivity contribution is -0.0250. The number of rotatable bonds is 3. The molecule has 6 heteroatoms. The van der Waals surface area contributed by atoms with Gasteiger partial charge in [0.2, 0.25) is 0 Å². The van der Waals surface area contributed by atoms with E-state index in [0.717, 1.165) is 0 Å². The van der Waals surface area contributed by atoms with Crippen LogP contribution in [0.3, 0.4) is 0 Å². The first-order valence-electron chi connectivity index (χ1n) is 6.89. The molecule has 1 aromatic heterocycles. The minimum atomic E-state index is -0.294. The van der Waals surface area contributed by atoms with E-state index >= 15 is 0 Å². The first-order valence-corrected chi connectivity index (χ1v) is 7.69. The number of nitrogens with zero attached hydrogens (tertiary/aromatic N) is 1. The van der Waals surface area contributed by atoms with Crippen molar-refractivity contribution in [2.75, 3.05) is 13.2 Å². The van der Waals surface area contributed by atoms with E-state index in [2.05, 4.69) is 15.9 Å². The molecule has 3 rings (SSSR count). The van der Waals surface area contributed by atoms with Crippen LogP contribution in [0.25, 0.3) is 0 Å². The molecule has 4 nitrogen and oxygen atoms in total. The zero-order valence-electron chi connectivity index (χ0n) is 12.2. The highest BCUT2D eigenvalue weighted by atomic mass is 79.9. The van der Waals surface area contributed by atoms with Crippen molar-refractivity contribution in [3.05, 3.63) is 56.2 Å². The van der Waals surface area contributed by atoms with Gasteiger partial charge in [0.15, 0.2) is 5.75 Å². The molecule has 0 aliphatic carbocycles. The van der Waals surface area contributed by atoms with Crippen molar-refractivity contribution < 1.29 is 13.9 Å². The third-order valence-electron chi connectivity index (χ3n) is 3.65. The monoisotopic (exact) mass is 367 g/mol. The highest BCUT2D eigenvalue weighted by molar-refractivity contribution is 9.10. The molecule has 1 fully saturated rings. The molecule has 0 unspecified atom stereocenters. The van der Waals surface area contributed by atoms with Crippen LogP contribution in [0.4, 0.5) is 4.39 Å². The molecule has 0 amide bonds. The van der Waals surface area contributed by atoms with Crippen LogP contribution in [0.5, 0.6) is 11.5 Å². The van der Waals surface area contributed by atoms with Crippen LogP contribution >= 0.6 is 15.9 Å². The Morgan fingerprint density at radius 3 is 2.45 bits per heavy atom. The third-order valence-corrected chi connectivity index (χ3v) is 4.27. The van der Waals surface area contributed by atoms with Crippen LogP contribution in [-0.4, -0.2) is 17.8 Å². The van der Waals surface area contributed by atoms with E-state index in [1.807, 2.05) is 0 Å². The molecule has 1 aliphatic rings. The van der Waals surface area contributed by atoms with E-state index in [-0.39, 0.29) is 17.4 Å². The summed E-state index contributed by atoms with van der Waals surface area (Å²) in [7, 11) is 0. The van der Waals surface area contributed by atoms with E-state index in [1.165, 1.54) is 18.2 Å². The smallest absolute Gasteiger partial charge is 0.252 e. The summed E-state index contributed by atoms with van der Waals surface area (Å²) in [5.74, 6) is 0.819. The third kappa shape index (κ3) is 2.80. The van der Waals surface area contributed by atoms with Crippen LogP contribution in [0, 0.1) is 19.7 Å². The second-order valence-corrected chi connectivity index (χ2v) is 6.25. The van der Waals surface area contributed by atoms with Crippen molar-refractivity contribution in [1.29, 1.82) is 0 Å². The molecule has 0 atom stereocenters. The SMILES string of the molecule is Cc1cc(F)cc(C)c1Oc1cn(C2COC2)c(=O)cc1Br. The summed E-state index contributed by atoms with van der Waals surface area (Å²) >= 11 is 3.35. The number of hydrogen-bond donors (Lipinski definition) is 0.